The van der Waals surface area contributed by atoms with E-state index in [1.165, 1.54) is 28.8 Å². The molecule has 1 aromatic carbocycles. The summed E-state index contributed by atoms with van der Waals surface area (Å²) in [6, 6.07) is 10.4. The molecule has 2 aromatic rings. The zero-order valence-corrected chi connectivity index (χ0v) is 17.3. The molecule has 5 heteroatoms. The maximum Gasteiger partial charge on any atom is 0.258 e. The Hall–Kier alpha value is -1.85. The van der Waals surface area contributed by atoms with Crippen molar-refractivity contribution in [3.63, 3.8) is 0 Å². The van der Waals surface area contributed by atoms with Crippen LogP contribution < -0.4 is 10.1 Å². The molecule has 0 spiro atoms. The Morgan fingerprint density at radius 2 is 2.04 bits per heavy atom. The number of nitrogens with zero attached hydrogens (tertiary/aromatic N) is 1. The molecule has 1 aliphatic heterocycles. The van der Waals surface area contributed by atoms with E-state index in [4.69, 9.17) is 4.74 Å². The lowest BCUT2D eigenvalue weighted by atomic mass is 9.97. The van der Waals surface area contributed by atoms with Gasteiger partial charge in [-0.25, -0.2) is 0 Å². The Kier molecular flexibility index (Phi) is 6.91. The summed E-state index contributed by atoms with van der Waals surface area (Å²) in [5.41, 5.74) is 2.39. The van der Waals surface area contributed by atoms with Gasteiger partial charge in [0.15, 0.2) is 6.61 Å². The van der Waals surface area contributed by atoms with Crippen molar-refractivity contribution in [1.29, 1.82) is 0 Å². The summed E-state index contributed by atoms with van der Waals surface area (Å²) in [6.07, 6.45) is 2.46. The fourth-order valence-electron chi connectivity index (χ4n) is 3.44. The minimum Gasteiger partial charge on any atom is -0.484 e. The summed E-state index contributed by atoms with van der Waals surface area (Å²) in [5.74, 6) is 1.47. The van der Waals surface area contributed by atoms with Crippen LogP contribution in [0.4, 0.5) is 0 Å². The minimum absolute atomic E-state index is 0.0523. The first-order chi connectivity index (χ1) is 13.0. The fraction of sp³-hybridized carbons (Fsp3) is 0.500. The highest BCUT2D eigenvalue weighted by Crippen LogP contribution is 2.29. The van der Waals surface area contributed by atoms with Gasteiger partial charge in [0.1, 0.15) is 5.75 Å². The van der Waals surface area contributed by atoms with E-state index in [9.17, 15) is 4.79 Å². The van der Waals surface area contributed by atoms with Crippen LogP contribution in [-0.4, -0.2) is 37.0 Å². The number of piperidine rings is 1. The summed E-state index contributed by atoms with van der Waals surface area (Å²) in [4.78, 5) is 16.2. The van der Waals surface area contributed by atoms with E-state index in [1.807, 2.05) is 25.1 Å². The third-order valence-corrected chi connectivity index (χ3v) is 6.45. The van der Waals surface area contributed by atoms with E-state index < -0.39 is 0 Å². The molecule has 1 aromatic heterocycles. The first kappa shape index (κ1) is 19.9. The molecule has 1 saturated heterocycles. The molecule has 1 amide bonds. The maximum atomic E-state index is 12.3. The number of benzene rings is 1. The average molecular weight is 387 g/mol. The molecular formula is C22H30N2O2S. The van der Waals surface area contributed by atoms with E-state index >= 15 is 0 Å². The number of carbonyl (C=O) groups excluding carboxylic acids is 1. The van der Waals surface area contributed by atoms with Crippen LogP contribution in [-0.2, 0) is 4.79 Å². The SMILES string of the molecule is Cc1ccc(OCC(=O)NCC(c2cccs2)N2CCC(C)CC2)cc1C. The van der Waals surface area contributed by atoms with Crippen LogP contribution in [0.25, 0.3) is 0 Å². The van der Waals surface area contributed by atoms with Gasteiger partial charge >= 0.3 is 0 Å². The zero-order valence-electron chi connectivity index (χ0n) is 16.5. The van der Waals surface area contributed by atoms with E-state index in [0.717, 1.165) is 24.8 Å². The molecular weight excluding hydrogens is 356 g/mol. The number of ether oxygens (including phenoxy) is 1. The molecule has 2 heterocycles. The fourth-order valence-corrected chi connectivity index (χ4v) is 4.31. The van der Waals surface area contributed by atoms with Crippen LogP contribution in [0.3, 0.4) is 0 Å². The highest BCUT2D eigenvalue weighted by Gasteiger charge is 2.25. The second kappa shape index (κ2) is 9.38. The second-order valence-electron chi connectivity index (χ2n) is 7.59. The number of aryl methyl sites for hydroxylation is 2. The van der Waals surface area contributed by atoms with Crippen molar-refractivity contribution in [2.45, 2.75) is 39.7 Å². The molecule has 27 heavy (non-hydrogen) atoms. The van der Waals surface area contributed by atoms with Gasteiger partial charge in [0, 0.05) is 11.4 Å². The standard InChI is InChI=1S/C22H30N2O2S/c1-16-8-10-24(11-9-16)20(21-5-4-12-27-21)14-23-22(25)15-26-19-7-6-17(2)18(3)13-19/h4-7,12-13,16,20H,8-11,14-15H2,1-3H3,(H,23,25). The zero-order chi connectivity index (χ0) is 19.2. The van der Waals surface area contributed by atoms with Gasteiger partial charge in [0.25, 0.3) is 5.91 Å². The van der Waals surface area contributed by atoms with Gasteiger partial charge < -0.3 is 10.1 Å². The molecule has 0 radical (unpaired) electrons. The Morgan fingerprint density at radius 1 is 1.26 bits per heavy atom. The third-order valence-electron chi connectivity index (χ3n) is 5.47. The Labute approximate surface area is 166 Å². The number of rotatable bonds is 7. The largest absolute Gasteiger partial charge is 0.484 e. The molecule has 1 N–H and O–H groups in total. The van der Waals surface area contributed by atoms with Crippen LogP contribution in [0, 0.1) is 19.8 Å². The summed E-state index contributed by atoms with van der Waals surface area (Å²) >= 11 is 1.77. The van der Waals surface area contributed by atoms with Gasteiger partial charge in [-0.2, -0.15) is 0 Å². The molecule has 1 unspecified atom stereocenters. The number of hydrogen-bond donors (Lipinski definition) is 1. The van der Waals surface area contributed by atoms with Crippen LogP contribution in [0.2, 0.25) is 0 Å². The first-order valence-electron chi connectivity index (χ1n) is 9.77. The number of hydrogen-bond acceptors (Lipinski definition) is 4. The van der Waals surface area contributed by atoms with Gasteiger partial charge in [-0.1, -0.05) is 19.1 Å². The van der Waals surface area contributed by atoms with Crippen molar-refractivity contribution in [3.8, 4) is 5.75 Å². The third kappa shape index (κ3) is 5.56. The Balaban J connectivity index is 1.53. The average Bonchev–Trinajstić information content (AvgIpc) is 3.19. The topological polar surface area (TPSA) is 41.6 Å². The van der Waals surface area contributed by atoms with Crippen molar-refractivity contribution >= 4 is 17.2 Å². The molecule has 1 aliphatic rings. The predicted molar refractivity (Wildman–Crippen MR) is 111 cm³/mol. The van der Waals surface area contributed by atoms with Crippen molar-refractivity contribution in [2.75, 3.05) is 26.2 Å². The number of thiophene rings is 1. The van der Waals surface area contributed by atoms with Gasteiger partial charge in [-0.15, -0.1) is 11.3 Å². The summed E-state index contributed by atoms with van der Waals surface area (Å²) < 4.78 is 5.66. The lowest BCUT2D eigenvalue weighted by molar-refractivity contribution is -0.123. The number of carbonyl (C=O) groups is 1. The van der Waals surface area contributed by atoms with Crippen molar-refractivity contribution in [2.24, 2.45) is 5.92 Å². The lowest BCUT2D eigenvalue weighted by Gasteiger charge is -2.36. The van der Waals surface area contributed by atoms with Crippen LogP contribution in [0.5, 0.6) is 5.75 Å². The first-order valence-corrected chi connectivity index (χ1v) is 10.6. The maximum absolute atomic E-state index is 12.3. The van der Waals surface area contributed by atoms with E-state index in [0.29, 0.717) is 6.54 Å². The lowest BCUT2D eigenvalue weighted by Crippen LogP contribution is -2.42. The summed E-state index contributed by atoms with van der Waals surface area (Å²) in [7, 11) is 0. The van der Waals surface area contributed by atoms with E-state index in [-0.39, 0.29) is 18.6 Å². The molecule has 1 fully saturated rings. The molecule has 1 atom stereocenters. The molecule has 4 nitrogen and oxygen atoms in total. The molecule has 0 bridgehead atoms. The highest BCUT2D eigenvalue weighted by atomic mass is 32.1. The molecule has 3 rings (SSSR count). The Morgan fingerprint density at radius 3 is 2.70 bits per heavy atom. The van der Waals surface area contributed by atoms with Crippen LogP contribution >= 0.6 is 11.3 Å². The molecule has 0 saturated carbocycles. The Bertz CT molecular complexity index is 737. The van der Waals surface area contributed by atoms with Crippen molar-refractivity contribution in [3.05, 3.63) is 51.7 Å². The van der Waals surface area contributed by atoms with E-state index in [2.05, 4.69) is 41.6 Å². The van der Waals surface area contributed by atoms with Gasteiger partial charge in [-0.05, 0) is 80.4 Å². The number of likely N-dealkylation sites (tertiary alicyclic amines) is 1. The van der Waals surface area contributed by atoms with Gasteiger partial charge in [-0.3, -0.25) is 9.69 Å². The van der Waals surface area contributed by atoms with Crippen molar-refractivity contribution in [1.82, 2.24) is 10.2 Å². The van der Waals surface area contributed by atoms with Crippen molar-refractivity contribution < 1.29 is 9.53 Å². The number of amides is 1. The molecule has 146 valence electrons. The predicted octanol–water partition coefficient (Wildman–Crippen LogP) is 4.33. The van der Waals surface area contributed by atoms with Gasteiger partial charge in [0.05, 0.1) is 6.04 Å². The van der Waals surface area contributed by atoms with Crippen LogP contribution in [0.15, 0.2) is 35.7 Å². The monoisotopic (exact) mass is 386 g/mol. The number of nitrogens with one attached hydrogen (secondary N) is 1. The second-order valence-corrected chi connectivity index (χ2v) is 8.57. The quantitative estimate of drug-likeness (QED) is 0.770. The molecule has 0 aliphatic carbocycles. The van der Waals surface area contributed by atoms with E-state index in [1.54, 1.807) is 11.3 Å². The normalized spacial score (nSPS) is 16.9. The summed E-state index contributed by atoms with van der Waals surface area (Å²) in [5, 5.41) is 5.19. The highest BCUT2D eigenvalue weighted by molar-refractivity contribution is 7.10. The van der Waals surface area contributed by atoms with Gasteiger partial charge in [0.2, 0.25) is 0 Å². The van der Waals surface area contributed by atoms with Crippen LogP contribution in [0.1, 0.15) is 41.8 Å². The smallest absolute Gasteiger partial charge is 0.258 e. The minimum atomic E-state index is -0.0693. The summed E-state index contributed by atoms with van der Waals surface area (Å²) in [6.45, 7) is 9.31.